The van der Waals surface area contributed by atoms with Crippen molar-refractivity contribution in [2.45, 2.75) is 58.4 Å². The van der Waals surface area contributed by atoms with Gasteiger partial charge < -0.3 is 15.0 Å². The highest BCUT2D eigenvalue weighted by Crippen LogP contribution is 2.11. The fourth-order valence-corrected chi connectivity index (χ4v) is 2.64. The van der Waals surface area contributed by atoms with Gasteiger partial charge in [-0.1, -0.05) is 26.2 Å². The van der Waals surface area contributed by atoms with Crippen LogP contribution in [0.1, 0.15) is 52.4 Å². The summed E-state index contributed by atoms with van der Waals surface area (Å²) in [4.78, 5) is 14.3. The Hall–Kier alpha value is -0.610. The first-order valence-corrected chi connectivity index (χ1v) is 7.90. The van der Waals surface area contributed by atoms with Crippen LogP contribution in [0, 0.1) is 0 Å². The maximum absolute atomic E-state index is 11.8. The Morgan fingerprint density at radius 1 is 1.16 bits per heavy atom. The highest BCUT2D eigenvalue weighted by molar-refractivity contribution is 5.75. The number of nitrogens with zero attached hydrogens (tertiary/aromatic N) is 1. The minimum absolute atomic E-state index is 0.101. The van der Waals surface area contributed by atoms with Crippen LogP contribution in [0.15, 0.2) is 0 Å². The van der Waals surface area contributed by atoms with Crippen LogP contribution in [0.2, 0.25) is 0 Å². The molecule has 0 bridgehead atoms. The average molecular weight is 270 g/mol. The average Bonchev–Trinajstić information content (AvgIpc) is 2.36. The third-order valence-corrected chi connectivity index (χ3v) is 3.70. The molecule has 0 amide bonds. The molecule has 1 aliphatic rings. The molecule has 0 radical (unpaired) electrons. The Labute approximate surface area is 117 Å². The van der Waals surface area contributed by atoms with Crippen LogP contribution >= 0.6 is 0 Å². The van der Waals surface area contributed by atoms with Gasteiger partial charge in [0.25, 0.3) is 0 Å². The summed E-state index contributed by atoms with van der Waals surface area (Å²) < 4.78 is 5.12. The summed E-state index contributed by atoms with van der Waals surface area (Å²) in [5.74, 6) is -0.101. The molecule has 0 aromatic carbocycles. The quantitative estimate of drug-likeness (QED) is 0.720. The molecular weight excluding hydrogens is 240 g/mol. The van der Waals surface area contributed by atoms with Gasteiger partial charge in [-0.25, -0.2) is 0 Å². The number of nitrogens with one attached hydrogen (secondary N) is 1. The summed E-state index contributed by atoms with van der Waals surface area (Å²) in [7, 11) is 0. The number of hydrogen-bond acceptors (Lipinski definition) is 4. The molecular formula is C15H30N2O2. The lowest BCUT2D eigenvalue weighted by atomic mass is 10.1. The van der Waals surface area contributed by atoms with E-state index in [9.17, 15) is 4.79 Å². The van der Waals surface area contributed by atoms with Crippen molar-refractivity contribution in [2.24, 2.45) is 0 Å². The third kappa shape index (κ3) is 6.92. The molecule has 1 heterocycles. The van der Waals surface area contributed by atoms with E-state index in [1.807, 2.05) is 13.8 Å². The molecule has 0 spiro atoms. The van der Waals surface area contributed by atoms with Crippen LogP contribution in [0.4, 0.5) is 0 Å². The summed E-state index contributed by atoms with van der Waals surface area (Å²) in [5.41, 5.74) is 0. The maximum atomic E-state index is 11.8. The summed E-state index contributed by atoms with van der Waals surface area (Å²) >= 11 is 0. The Kier molecular flexibility index (Phi) is 8.84. The van der Waals surface area contributed by atoms with Gasteiger partial charge >= 0.3 is 5.97 Å². The van der Waals surface area contributed by atoms with Crippen LogP contribution in [0.5, 0.6) is 0 Å². The molecule has 1 fully saturated rings. The number of ether oxygens (including phenoxy) is 1. The van der Waals surface area contributed by atoms with Gasteiger partial charge in [-0.3, -0.25) is 4.79 Å². The zero-order chi connectivity index (χ0) is 13.9. The normalized spacial score (nSPS) is 19.5. The second-order valence-corrected chi connectivity index (χ2v) is 5.26. The van der Waals surface area contributed by atoms with Crippen molar-refractivity contribution in [3.63, 3.8) is 0 Å². The Morgan fingerprint density at radius 2 is 1.79 bits per heavy atom. The molecule has 112 valence electrons. The van der Waals surface area contributed by atoms with Gasteiger partial charge in [0.05, 0.1) is 6.61 Å². The molecule has 0 saturated carbocycles. The topological polar surface area (TPSA) is 41.6 Å². The van der Waals surface area contributed by atoms with E-state index in [0.717, 1.165) is 19.5 Å². The van der Waals surface area contributed by atoms with Crippen LogP contribution in [0.3, 0.4) is 0 Å². The van der Waals surface area contributed by atoms with E-state index in [4.69, 9.17) is 4.74 Å². The van der Waals surface area contributed by atoms with E-state index in [0.29, 0.717) is 6.61 Å². The summed E-state index contributed by atoms with van der Waals surface area (Å²) in [6.45, 7) is 8.52. The second kappa shape index (κ2) is 10.2. The van der Waals surface area contributed by atoms with E-state index in [1.165, 1.54) is 45.2 Å². The summed E-state index contributed by atoms with van der Waals surface area (Å²) in [5, 5.41) is 3.23. The molecule has 1 aliphatic heterocycles. The number of likely N-dealkylation sites (tertiary alicyclic amines) is 1. The van der Waals surface area contributed by atoms with Crippen LogP contribution in [0.25, 0.3) is 0 Å². The molecule has 1 N–H and O–H groups in total. The summed E-state index contributed by atoms with van der Waals surface area (Å²) in [6, 6.07) is -0.143. The number of carbonyl (C=O) groups is 1. The standard InChI is InChI=1S/C15H30N2O2/c1-3-16-14(15(18)19-4-2)10-13-17-11-8-6-5-7-9-12-17/h14,16H,3-13H2,1-2H3. The van der Waals surface area contributed by atoms with Crippen molar-refractivity contribution >= 4 is 5.97 Å². The molecule has 0 aromatic heterocycles. The number of esters is 1. The Morgan fingerprint density at radius 3 is 2.37 bits per heavy atom. The van der Waals surface area contributed by atoms with Crippen molar-refractivity contribution < 1.29 is 9.53 Å². The van der Waals surface area contributed by atoms with Crippen molar-refractivity contribution in [1.29, 1.82) is 0 Å². The predicted octanol–water partition coefficient (Wildman–Crippen LogP) is 2.18. The highest BCUT2D eigenvalue weighted by Gasteiger charge is 2.19. The van der Waals surface area contributed by atoms with Crippen molar-refractivity contribution in [3.05, 3.63) is 0 Å². The smallest absolute Gasteiger partial charge is 0.323 e. The zero-order valence-corrected chi connectivity index (χ0v) is 12.6. The lowest BCUT2D eigenvalue weighted by Crippen LogP contribution is -2.41. The SMILES string of the molecule is CCNC(CCN1CCCCCCC1)C(=O)OCC. The van der Waals surface area contributed by atoms with Gasteiger partial charge in [0.15, 0.2) is 0 Å². The maximum Gasteiger partial charge on any atom is 0.323 e. The van der Waals surface area contributed by atoms with E-state index in [-0.39, 0.29) is 12.0 Å². The molecule has 4 nitrogen and oxygen atoms in total. The lowest BCUT2D eigenvalue weighted by molar-refractivity contribution is -0.145. The van der Waals surface area contributed by atoms with E-state index >= 15 is 0 Å². The lowest BCUT2D eigenvalue weighted by Gasteiger charge is -2.26. The van der Waals surface area contributed by atoms with Crippen LogP contribution in [-0.2, 0) is 9.53 Å². The first-order chi connectivity index (χ1) is 9.27. The number of likely N-dealkylation sites (N-methyl/N-ethyl adjacent to an activating group) is 1. The summed E-state index contributed by atoms with van der Waals surface area (Å²) in [6.07, 6.45) is 7.54. The minimum atomic E-state index is -0.143. The van der Waals surface area contributed by atoms with E-state index < -0.39 is 0 Å². The third-order valence-electron chi connectivity index (χ3n) is 3.70. The fraction of sp³-hybridized carbons (Fsp3) is 0.933. The molecule has 1 rings (SSSR count). The Balaban J connectivity index is 2.34. The van der Waals surface area contributed by atoms with Crippen molar-refractivity contribution in [2.75, 3.05) is 32.8 Å². The Bertz CT molecular complexity index is 238. The first kappa shape index (κ1) is 16.4. The monoisotopic (exact) mass is 270 g/mol. The molecule has 19 heavy (non-hydrogen) atoms. The van der Waals surface area contributed by atoms with Gasteiger partial charge in [0, 0.05) is 6.54 Å². The van der Waals surface area contributed by atoms with Crippen molar-refractivity contribution in [1.82, 2.24) is 10.2 Å². The zero-order valence-electron chi connectivity index (χ0n) is 12.6. The molecule has 0 aromatic rings. The molecule has 4 heteroatoms. The molecule has 1 saturated heterocycles. The first-order valence-electron chi connectivity index (χ1n) is 7.90. The van der Waals surface area contributed by atoms with E-state index in [1.54, 1.807) is 0 Å². The number of hydrogen-bond donors (Lipinski definition) is 1. The predicted molar refractivity (Wildman–Crippen MR) is 78.2 cm³/mol. The fourth-order valence-electron chi connectivity index (χ4n) is 2.64. The molecule has 1 atom stereocenters. The minimum Gasteiger partial charge on any atom is -0.465 e. The van der Waals surface area contributed by atoms with Gasteiger partial charge in [-0.05, 0) is 45.8 Å². The van der Waals surface area contributed by atoms with Gasteiger partial charge in [-0.15, -0.1) is 0 Å². The van der Waals surface area contributed by atoms with Gasteiger partial charge in [0.2, 0.25) is 0 Å². The van der Waals surface area contributed by atoms with Gasteiger partial charge in [-0.2, -0.15) is 0 Å². The van der Waals surface area contributed by atoms with Crippen LogP contribution < -0.4 is 5.32 Å². The number of carbonyl (C=O) groups excluding carboxylic acids is 1. The van der Waals surface area contributed by atoms with E-state index in [2.05, 4.69) is 10.2 Å². The van der Waals surface area contributed by atoms with Gasteiger partial charge in [0.1, 0.15) is 6.04 Å². The highest BCUT2D eigenvalue weighted by atomic mass is 16.5. The van der Waals surface area contributed by atoms with Crippen LogP contribution in [-0.4, -0.2) is 49.7 Å². The largest absolute Gasteiger partial charge is 0.465 e. The second-order valence-electron chi connectivity index (χ2n) is 5.26. The molecule has 0 aliphatic carbocycles. The number of rotatable bonds is 7. The molecule has 1 unspecified atom stereocenters. The van der Waals surface area contributed by atoms with Crippen molar-refractivity contribution in [3.8, 4) is 0 Å².